The van der Waals surface area contributed by atoms with Gasteiger partial charge < -0.3 is 92.5 Å². The molecule has 5 unspecified atom stereocenters. The third-order valence-electron chi connectivity index (χ3n) is 12.5. The Balaban J connectivity index is 5.79. The molecule has 22 nitrogen and oxygen atoms in total. The van der Waals surface area contributed by atoms with Crippen LogP contribution in [0.25, 0.3) is 0 Å². The van der Waals surface area contributed by atoms with E-state index < -0.39 is 59.6 Å². The van der Waals surface area contributed by atoms with Crippen LogP contribution >= 0.6 is 0 Å². The first-order valence-electron chi connectivity index (χ1n) is 24.9. The van der Waals surface area contributed by atoms with E-state index in [1.807, 2.05) is 0 Å². The van der Waals surface area contributed by atoms with E-state index in [-0.39, 0.29) is 63.9 Å². The van der Waals surface area contributed by atoms with Gasteiger partial charge in [0.2, 0.25) is 0 Å². The minimum atomic E-state index is -2.73. The van der Waals surface area contributed by atoms with Crippen LogP contribution in [0.3, 0.4) is 0 Å². The van der Waals surface area contributed by atoms with Crippen molar-refractivity contribution in [2.75, 3.05) is 177 Å². The maximum Gasteiger partial charge on any atom is 0.500 e. The molecule has 0 amide bonds. The zero-order valence-corrected chi connectivity index (χ0v) is 50.6. The highest BCUT2D eigenvalue weighted by molar-refractivity contribution is 6.61. The summed E-state index contributed by atoms with van der Waals surface area (Å²) < 4.78 is 89.6. The van der Waals surface area contributed by atoms with Gasteiger partial charge in [-0.15, -0.1) is 0 Å². The minimum Gasteiger partial charge on any atom is -0.389 e. The van der Waals surface area contributed by atoms with E-state index in [1.165, 1.54) is 0 Å². The molecule has 4 N–H and O–H groups in total. The fourth-order valence-corrected chi connectivity index (χ4v) is 15.3. The Bertz CT molecular complexity index is 1140. The number of aliphatic hydroxyl groups is 4. The second-order valence-electron chi connectivity index (χ2n) is 18.7. The molecule has 0 fully saturated rings. The van der Waals surface area contributed by atoms with Gasteiger partial charge in [-0.05, 0) is 56.4 Å². The number of rotatable bonds is 51. The van der Waals surface area contributed by atoms with E-state index in [9.17, 15) is 20.4 Å². The molecule has 0 aromatic carbocycles. The van der Waals surface area contributed by atoms with E-state index in [2.05, 4.69) is 30.6 Å². The molecule has 0 spiro atoms. The van der Waals surface area contributed by atoms with Gasteiger partial charge in [-0.25, -0.2) is 0 Å². The van der Waals surface area contributed by atoms with Crippen molar-refractivity contribution in [3.63, 3.8) is 0 Å². The predicted molar refractivity (Wildman–Crippen MR) is 277 cm³/mol. The Morgan fingerprint density at radius 2 is 0.620 bits per heavy atom. The summed E-state index contributed by atoms with van der Waals surface area (Å²) in [6.45, 7) is 11.0. The summed E-state index contributed by atoms with van der Waals surface area (Å²) in [5.74, 6) is 0.162. The molecule has 0 bridgehead atoms. The molecule has 428 valence electrons. The number of hydrogen-bond donors (Lipinski definition) is 4. The summed E-state index contributed by atoms with van der Waals surface area (Å²) >= 11 is 0. The van der Waals surface area contributed by atoms with E-state index in [4.69, 9.17) is 72.1 Å². The van der Waals surface area contributed by atoms with Crippen molar-refractivity contribution in [2.45, 2.75) is 108 Å². The molecular weight excluding hydrogens is 1000 g/mol. The predicted octanol–water partition coefficient (Wildman–Crippen LogP) is 2.62. The van der Waals surface area contributed by atoms with Crippen LogP contribution in [0.5, 0.6) is 0 Å². The Morgan fingerprint density at radius 3 is 0.859 bits per heavy atom. The second kappa shape index (κ2) is 40.2. The number of hydrogen-bond acceptors (Lipinski definition) is 22. The van der Waals surface area contributed by atoms with Crippen molar-refractivity contribution >= 4 is 35.2 Å². The molecule has 0 radical (unpaired) electrons. The SMILES string of the molecule is CO[Si](CCCOCC(O)CN(CCC(C)(C)CC(C)CN(CC(O)COCCC[Si](OC)(OC)OC)CC(O)COCCC[Si](OC)(OC)OC)CC(O)COCCC[Si](OC)(OC)OC)(OC)OC. The van der Waals surface area contributed by atoms with Crippen molar-refractivity contribution in [3.8, 4) is 0 Å². The van der Waals surface area contributed by atoms with Crippen LogP contribution in [-0.2, 0) is 72.1 Å². The van der Waals surface area contributed by atoms with Gasteiger partial charge in [0.1, 0.15) is 0 Å². The fourth-order valence-electron chi connectivity index (χ4n) is 8.56. The van der Waals surface area contributed by atoms with E-state index in [0.29, 0.717) is 89.4 Å². The van der Waals surface area contributed by atoms with Gasteiger partial charge in [-0.1, -0.05) is 20.8 Å². The summed E-state index contributed by atoms with van der Waals surface area (Å²) in [6, 6.07) is 2.32. The van der Waals surface area contributed by atoms with Crippen LogP contribution in [0.15, 0.2) is 0 Å². The molecule has 0 aromatic heterocycles. The number of nitrogens with zero attached hydrogens (tertiary/aromatic N) is 2. The van der Waals surface area contributed by atoms with E-state index in [0.717, 1.165) is 12.8 Å². The summed E-state index contributed by atoms with van der Waals surface area (Å²) in [6.07, 6.45) is 0.940. The van der Waals surface area contributed by atoms with Gasteiger partial charge in [0.25, 0.3) is 0 Å². The standard InChI is InChI=1S/C45H102N2O20Si4/c1-40(31-47(34-43(50)38-66-24-18-28-70(58-10,59-11)60-12)35-44(51)39-67-25-19-29-71(61-13,62-14)63-15)30-45(2,3)20-21-46(32-41(48)36-64-22-16-26-68(52-4,53-5)54-6)33-42(49)37-65-23-17-27-69(55-7,56-8)57-9/h40-44,48-51H,16-39H2,1-15H3. The maximum absolute atomic E-state index is 11.2. The van der Waals surface area contributed by atoms with Crippen LogP contribution < -0.4 is 0 Å². The first kappa shape index (κ1) is 71.0. The molecule has 5 atom stereocenters. The zero-order chi connectivity index (χ0) is 53.8. The van der Waals surface area contributed by atoms with E-state index >= 15 is 0 Å². The Hall–Kier alpha value is -0.0125. The number of aliphatic hydroxyl groups excluding tert-OH is 4. The maximum atomic E-state index is 11.2. The van der Waals surface area contributed by atoms with Crippen molar-refractivity contribution in [1.82, 2.24) is 9.80 Å². The van der Waals surface area contributed by atoms with Gasteiger partial charge in [-0.3, -0.25) is 9.80 Å². The topological polar surface area (TPSA) is 235 Å². The second-order valence-corrected chi connectivity index (χ2v) is 31.1. The third-order valence-corrected chi connectivity index (χ3v) is 23.8. The lowest BCUT2D eigenvalue weighted by Gasteiger charge is -2.35. The normalized spacial score (nSPS) is 15.5. The Morgan fingerprint density at radius 1 is 0.380 bits per heavy atom. The molecule has 0 saturated heterocycles. The molecule has 0 aliphatic heterocycles. The lowest BCUT2D eigenvalue weighted by Crippen LogP contribution is -2.44. The largest absolute Gasteiger partial charge is 0.500 e. The average molecular weight is 1100 g/mol. The quantitative estimate of drug-likeness (QED) is 0.0506. The highest BCUT2D eigenvalue weighted by atomic mass is 28.4. The van der Waals surface area contributed by atoms with Gasteiger partial charge in [0, 0.05) is 169 Å². The summed E-state index contributed by atoms with van der Waals surface area (Å²) in [5.41, 5.74) is -0.160. The van der Waals surface area contributed by atoms with Crippen LogP contribution in [0.4, 0.5) is 0 Å². The van der Waals surface area contributed by atoms with Crippen LogP contribution in [0, 0.1) is 11.3 Å². The number of ether oxygens (including phenoxy) is 4. The highest BCUT2D eigenvalue weighted by Crippen LogP contribution is 2.30. The van der Waals surface area contributed by atoms with Gasteiger partial charge >= 0.3 is 35.2 Å². The fraction of sp³-hybridized carbons (Fsp3) is 1.00. The molecule has 26 heteroatoms. The first-order valence-corrected chi connectivity index (χ1v) is 32.6. The Labute approximate surface area is 432 Å². The third kappa shape index (κ3) is 30.5. The molecular formula is C45H102N2O20Si4. The monoisotopic (exact) mass is 1100 g/mol. The smallest absolute Gasteiger partial charge is 0.389 e. The Kier molecular flexibility index (Phi) is 40.2. The minimum absolute atomic E-state index is 0.119. The highest BCUT2D eigenvalue weighted by Gasteiger charge is 2.39. The lowest BCUT2D eigenvalue weighted by molar-refractivity contribution is -0.0169. The molecule has 71 heavy (non-hydrogen) atoms. The average Bonchev–Trinajstić information content (AvgIpc) is 3.35. The molecule has 0 aliphatic carbocycles. The zero-order valence-electron chi connectivity index (χ0n) is 46.6. The summed E-state index contributed by atoms with van der Waals surface area (Å²) in [7, 11) is 8.00. The lowest BCUT2D eigenvalue weighted by atomic mass is 9.80. The molecule has 0 aromatic rings. The molecule has 0 aliphatic rings. The van der Waals surface area contributed by atoms with Gasteiger partial charge in [0.15, 0.2) is 0 Å². The van der Waals surface area contributed by atoms with Gasteiger partial charge in [-0.2, -0.15) is 0 Å². The van der Waals surface area contributed by atoms with Gasteiger partial charge in [0.05, 0.1) is 50.8 Å². The van der Waals surface area contributed by atoms with Crippen molar-refractivity contribution in [1.29, 1.82) is 0 Å². The molecule has 0 saturated carbocycles. The van der Waals surface area contributed by atoms with E-state index in [1.54, 1.807) is 85.3 Å². The van der Waals surface area contributed by atoms with Crippen molar-refractivity contribution in [2.24, 2.45) is 11.3 Å². The summed E-state index contributed by atoms with van der Waals surface area (Å²) in [4.78, 5) is 4.14. The summed E-state index contributed by atoms with van der Waals surface area (Å²) in [5, 5.41) is 44.7. The van der Waals surface area contributed by atoms with Crippen LogP contribution in [0.1, 0.15) is 59.3 Å². The first-order chi connectivity index (χ1) is 33.8. The molecule has 0 heterocycles. The van der Waals surface area contributed by atoms with Crippen LogP contribution in [0.2, 0.25) is 24.2 Å². The molecule has 0 rings (SSSR count). The van der Waals surface area contributed by atoms with Crippen molar-refractivity contribution in [3.05, 3.63) is 0 Å². The van der Waals surface area contributed by atoms with Crippen molar-refractivity contribution < 1.29 is 92.5 Å². The van der Waals surface area contributed by atoms with Crippen LogP contribution in [-0.4, -0.2) is 267 Å².